The molecule has 1 atom stereocenters. The van der Waals surface area contributed by atoms with Gasteiger partial charge in [0.05, 0.1) is 5.02 Å². The number of aromatic nitrogens is 4. The van der Waals surface area contributed by atoms with Crippen molar-refractivity contribution in [3.05, 3.63) is 70.5 Å². The van der Waals surface area contributed by atoms with Crippen molar-refractivity contribution in [3.8, 4) is 10.6 Å². The number of fused-ring (bicyclic) bond motifs is 1. The Balaban J connectivity index is 1.66. The summed E-state index contributed by atoms with van der Waals surface area (Å²) in [5, 5.41) is 15.0. The van der Waals surface area contributed by atoms with Crippen molar-refractivity contribution in [2.45, 2.75) is 33.1 Å². The molecule has 0 aliphatic rings. The fourth-order valence-corrected chi connectivity index (χ4v) is 4.38. The molecule has 27 heavy (non-hydrogen) atoms. The van der Waals surface area contributed by atoms with Gasteiger partial charge in [0, 0.05) is 11.5 Å². The summed E-state index contributed by atoms with van der Waals surface area (Å²) in [5.74, 6) is 1.60. The summed E-state index contributed by atoms with van der Waals surface area (Å²) < 4.78 is 1.84. The van der Waals surface area contributed by atoms with Crippen LogP contribution in [0.25, 0.3) is 15.5 Å². The summed E-state index contributed by atoms with van der Waals surface area (Å²) in [4.78, 5) is 0.781. The van der Waals surface area contributed by atoms with Crippen LogP contribution in [0.3, 0.4) is 0 Å². The van der Waals surface area contributed by atoms with Crippen LogP contribution in [0.1, 0.15) is 43.6 Å². The Morgan fingerprint density at radius 1 is 1.00 bits per heavy atom. The van der Waals surface area contributed by atoms with E-state index in [2.05, 4.69) is 55.2 Å². The second kappa shape index (κ2) is 7.41. The van der Waals surface area contributed by atoms with E-state index < -0.39 is 0 Å². The molecule has 0 saturated carbocycles. The number of hydrogen-bond donors (Lipinski definition) is 0. The Hall–Kier alpha value is -2.24. The van der Waals surface area contributed by atoms with E-state index in [-0.39, 0.29) is 5.92 Å². The summed E-state index contributed by atoms with van der Waals surface area (Å²) >= 11 is 7.82. The van der Waals surface area contributed by atoms with Crippen LogP contribution in [0.4, 0.5) is 0 Å². The molecule has 0 N–H and O–H groups in total. The second-order valence-corrected chi connectivity index (χ2v) is 8.56. The largest absolute Gasteiger partial charge is 0.235 e. The maximum atomic E-state index is 6.32. The van der Waals surface area contributed by atoms with Crippen molar-refractivity contribution in [1.82, 2.24) is 19.8 Å². The van der Waals surface area contributed by atoms with Gasteiger partial charge in [0.25, 0.3) is 0 Å². The van der Waals surface area contributed by atoms with E-state index in [1.54, 1.807) is 0 Å². The average Bonchev–Trinajstić information content (AvgIpc) is 3.22. The van der Waals surface area contributed by atoms with Gasteiger partial charge in [-0.2, -0.15) is 9.61 Å². The maximum absolute atomic E-state index is 6.32. The Kier molecular flexibility index (Phi) is 4.98. The first-order valence-corrected chi connectivity index (χ1v) is 10.3. The molecule has 138 valence electrons. The van der Waals surface area contributed by atoms with Crippen molar-refractivity contribution in [2.24, 2.45) is 5.92 Å². The molecule has 4 aromatic rings. The first-order valence-electron chi connectivity index (χ1n) is 9.09. The Labute approximate surface area is 167 Å². The highest BCUT2D eigenvalue weighted by Crippen LogP contribution is 2.32. The summed E-state index contributed by atoms with van der Waals surface area (Å²) in [7, 11) is 0. The molecule has 2 heterocycles. The molecule has 0 spiro atoms. The summed E-state index contributed by atoms with van der Waals surface area (Å²) in [5.41, 5.74) is 3.50. The molecule has 0 radical (unpaired) electrons. The van der Waals surface area contributed by atoms with Gasteiger partial charge in [-0.3, -0.25) is 0 Å². The van der Waals surface area contributed by atoms with Crippen molar-refractivity contribution >= 4 is 27.9 Å². The monoisotopic (exact) mass is 396 g/mol. The standard InChI is InChI=1S/C21H21ClN4S/c1-13(2)12-15-8-10-16(11-9-15)14(3)19-23-24-21-26(19)25-20(27-21)17-6-4-5-7-18(17)22/h4-11,13-14H,12H2,1-3H3. The molecular formula is C21H21ClN4S. The second-order valence-electron chi connectivity index (χ2n) is 7.20. The molecule has 4 nitrogen and oxygen atoms in total. The molecule has 0 amide bonds. The quantitative estimate of drug-likeness (QED) is 0.424. The zero-order valence-electron chi connectivity index (χ0n) is 15.6. The highest BCUT2D eigenvalue weighted by molar-refractivity contribution is 7.19. The number of nitrogens with zero attached hydrogens (tertiary/aromatic N) is 4. The highest BCUT2D eigenvalue weighted by atomic mass is 35.5. The van der Waals surface area contributed by atoms with Crippen LogP contribution < -0.4 is 0 Å². The highest BCUT2D eigenvalue weighted by Gasteiger charge is 2.20. The van der Waals surface area contributed by atoms with Gasteiger partial charge in [-0.25, -0.2) is 0 Å². The van der Waals surface area contributed by atoms with Crippen molar-refractivity contribution in [3.63, 3.8) is 0 Å². The number of halogens is 1. The zero-order valence-corrected chi connectivity index (χ0v) is 17.1. The number of rotatable bonds is 5. The van der Waals surface area contributed by atoms with Crippen LogP contribution in [0.5, 0.6) is 0 Å². The van der Waals surface area contributed by atoms with Gasteiger partial charge in [0.1, 0.15) is 5.01 Å². The lowest BCUT2D eigenvalue weighted by Crippen LogP contribution is -2.04. The van der Waals surface area contributed by atoms with E-state index in [1.165, 1.54) is 22.5 Å². The van der Waals surface area contributed by atoms with Crippen molar-refractivity contribution < 1.29 is 0 Å². The molecular weight excluding hydrogens is 376 g/mol. The Morgan fingerprint density at radius 2 is 1.74 bits per heavy atom. The predicted octanol–water partition coefficient (Wildman–Crippen LogP) is 5.86. The molecule has 0 aliphatic heterocycles. The molecule has 0 bridgehead atoms. The smallest absolute Gasteiger partial charge is 0.186 e. The van der Waals surface area contributed by atoms with E-state index in [0.717, 1.165) is 27.8 Å². The lowest BCUT2D eigenvalue weighted by atomic mass is 9.96. The van der Waals surface area contributed by atoms with Gasteiger partial charge in [-0.05, 0) is 29.5 Å². The molecule has 0 fully saturated rings. The van der Waals surface area contributed by atoms with Gasteiger partial charge in [-0.15, -0.1) is 10.2 Å². The topological polar surface area (TPSA) is 43.1 Å². The van der Waals surface area contributed by atoms with Crippen LogP contribution in [0.2, 0.25) is 5.02 Å². The fraction of sp³-hybridized carbons (Fsp3) is 0.286. The number of hydrogen-bond acceptors (Lipinski definition) is 4. The van der Waals surface area contributed by atoms with Crippen LogP contribution in [0.15, 0.2) is 48.5 Å². The third kappa shape index (κ3) is 3.62. The summed E-state index contributed by atoms with van der Waals surface area (Å²) in [6, 6.07) is 16.5. The minimum Gasteiger partial charge on any atom is -0.186 e. The average molecular weight is 397 g/mol. The van der Waals surface area contributed by atoms with Crippen LogP contribution in [-0.4, -0.2) is 19.8 Å². The molecule has 2 aromatic carbocycles. The normalized spacial score (nSPS) is 12.8. The molecule has 0 saturated heterocycles. The third-order valence-electron chi connectivity index (χ3n) is 4.63. The molecule has 1 unspecified atom stereocenters. The van der Waals surface area contributed by atoms with E-state index in [1.807, 2.05) is 28.8 Å². The Bertz CT molecular complexity index is 1070. The fourth-order valence-electron chi connectivity index (χ4n) is 3.21. The minimum atomic E-state index is 0.106. The number of benzene rings is 2. The predicted molar refractivity (Wildman–Crippen MR) is 112 cm³/mol. The van der Waals surface area contributed by atoms with E-state index in [0.29, 0.717) is 10.9 Å². The van der Waals surface area contributed by atoms with Crippen LogP contribution >= 0.6 is 22.9 Å². The van der Waals surface area contributed by atoms with Gasteiger partial charge in [0.15, 0.2) is 5.82 Å². The minimum absolute atomic E-state index is 0.106. The van der Waals surface area contributed by atoms with E-state index >= 15 is 0 Å². The molecule has 0 aliphatic carbocycles. The first-order chi connectivity index (χ1) is 13.0. The third-order valence-corrected chi connectivity index (χ3v) is 5.89. The van der Waals surface area contributed by atoms with Crippen LogP contribution in [-0.2, 0) is 6.42 Å². The maximum Gasteiger partial charge on any atom is 0.235 e. The summed E-state index contributed by atoms with van der Waals surface area (Å²) in [6.07, 6.45) is 1.09. The van der Waals surface area contributed by atoms with Crippen molar-refractivity contribution in [2.75, 3.05) is 0 Å². The van der Waals surface area contributed by atoms with Gasteiger partial charge in [0.2, 0.25) is 4.96 Å². The SMILES string of the molecule is CC(C)Cc1ccc(C(C)c2nnc3sc(-c4ccccc4Cl)nn23)cc1. The van der Waals surface area contributed by atoms with Gasteiger partial charge >= 0.3 is 0 Å². The van der Waals surface area contributed by atoms with E-state index in [4.69, 9.17) is 16.7 Å². The molecule has 2 aromatic heterocycles. The molecule has 6 heteroatoms. The zero-order chi connectivity index (χ0) is 19.0. The molecule has 4 rings (SSSR count). The van der Waals surface area contributed by atoms with Crippen LogP contribution in [0, 0.1) is 5.92 Å². The summed E-state index contributed by atoms with van der Waals surface area (Å²) in [6.45, 7) is 6.62. The van der Waals surface area contributed by atoms with Gasteiger partial charge < -0.3 is 0 Å². The first kappa shape index (κ1) is 18.1. The van der Waals surface area contributed by atoms with Gasteiger partial charge in [-0.1, -0.05) is 86.2 Å². The lowest BCUT2D eigenvalue weighted by molar-refractivity contribution is 0.647. The van der Waals surface area contributed by atoms with Crippen molar-refractivity contribution in [1.29, 1.82) is 0 Å². The Morgan fingerprint density at radius 3 is 2.44 bits per heavy atom. The lowest BCUT2D eigenvalue weighted by Gasteiger charge is -2.11. The van der Waals surface area contributed by atoms with E-state index in [9.17, 15) is 0 Å².